The topological polar surface area (TPSA) is 73.3 Å². The summed E-state index contributed by atoms with van der Waals surface area (Å²) in [5.74, 6) is 1.89. The van der Waals surface area contributed by atoms with E-state index >= 15 is 0 Å². The average Bonchev–Trinajstić information content (AvgIpc) is 2.78. The van der Waals surface area contributed by atoms with Crippen LogP contribution >= 0.6 is 11.8 Å². The highest BCUT2D eigenvalue weighted by Crippen LogP contribution is 2.31. The van der Waals surface area contributed by atoms with Crippen molar-refractivity contribution in [2.45, 2.75) is 30.5 Å². The second-order valence-corrected chi connectivity index (χ2v) is 7.53. The van der Waals surface area contributed by atoms with Crippen LogP contribution in [0.3, 0.4) is 0 Å². The zero-order valence-electron chi connectivity index (χ0n) is 17.3. The van der Waals surface area contributed by atoms with Crippen LogP contribution in [0.15, 0.2) is 59.9 Å². The minimum atomic E-state index is -0.194. The van der Waals surface area contributed by atoms with Gasteiger partial charge in [-0.3, -0.25) is 9.78 Å². The number of hydrogen-bond donors (Lipinski definition) is 1. The van der Waals surface area contributed by atoms with Crippen molar-refractivity contribution < 1.29 is 14.3 Å². The molecule has 7 heteroatoms. The molecule has 0 aliphatic carbocycles. The molecular weight excluding hydrogens is 398 g/mol. The summed E-state index contributed by atoms with van der Waals surface area (Å²) in [7, 11) is 3.25. The number of nitrogens with one attached hydrogen (secondary N) is 1. The van der Waals surface area contributed by atoms with E-state index in [9.17, 15) is 4.79 Å². The van der Waals surface area contributed by atoms with E-state index in [0.29, 0.717) is 16.3 Å². The predicted octanol–water partition coefficient (Wildman–Crippen LogP) is 4.99. The van der Waals surface area contributed by atoms with Crippen LogP contribution in [0.4, 0.5) is 5.69 Å². The van der Waals surface area contributed by atoms with E-state index < -0.39 is 0 Å². The third-order valence-electron chi connectivity index (χ3n) is 4.45. The third-order valence-corrected chi connectivity index (χ3v) is 5.51. The molecule has 2 heterocycles. The zero-order chi connectivity index (χ0) is 21.3. The number of rotatable bonds is 9. The second-order valence-electron chi connectivity index (χ2n) is 6.56. The summed E-state index contributed by atoms with van der Waals surface area (Å²) in [5.41, 5.74) is 3.22. The van der Waals surface area contributed by atoms with Crippen molar-refractivity contribution >= 4 is 23.4 Å². The standard InChI is InChI=1S/C23H25N3O3S/c1-4-6-17-13-18(10-12-24-17)26-22(27)20-7-5-11-25-23(20)30-15-16-8-9-19(28-2)14-21(16)29-3/h5,7-14H,4,6,15H2,1-3H3,(H,24,26,27). The highest BCUT2D eigenvalue weighted by atomic mass is 32.2. The Morgan fingerprint density at radius 3 is 2.70 bits per heavy atom. The van der Waals surface area contributed by atoms with Crippen LogP contribution in [0, 0.1) is 0 Å². The van der Waals surface area contributed by atoms with Gasteiger partial charge in [-0.05, 0) is 36.8 Å². The van der Waals surface area contributed by atoms with Crippen molar-refractivity contribution in [3.63, 3.8) is 0 Å². The summed E-state index contributed by atoms with van der Waals surface area (Å²) in [6.07, 6.45) is 5.29. The van der Waals surface area contributed by atoms with Crippen molar-refractivity contribution in [3.05, 3.63) is 71.7 Å². The molecule has 0 aliphatic heterocycles. The fourth-order valence-corrected chi connectivity index (χ4v) is 3.93. The first-order valence-electron chi connectivity index (χ1n) is 9.69. The number of aromatic nitrogens is 2. The number of methoxy groups -OCH3 is 2. The fourth-order valence-electron chi connectivity index (χ4n) is 2.94. The number of ether oxygens (including phenoxy) is 2. The molecule has 0 aliphatic rings. The average molecular weight is 424 g/mol. The Bertz CT molecular complexity index is 1010. The molecule has 0 saturated heterocycles. The van der Waals surface area contributed by atoms with Gasteiger partial charge in [0.15, 0.2) is 0 Å². The molecule has 1 aromatic carbocycles. The molecule has 0 unspecified atom stereocenters. The molecule has 3 rings (SSSR count). The fraction of sp³-hybridized carbons (Fsp3) is 0.261. The Morgan fingerprint density at radius 2 is 1.93 bits per heavy atom. The number of thioether (sulfide) groups is 1. The first kappa shape index (κ1) is 21.6. The number of benzene rings is 1. The van der Waals surface area contributed by atoms with E-state index in [1.54, 1.807) is 44.8 Å². The maximum Gasteiger partial charge on any atom is 0.258 e. The number of anilines is 1. The molecule has 0 radical (unpaired) electrons. The predicted molar refractivity (Wildman–Crippen MR) is 120 cm³/mol. The summed E-state index contributed by atoms with van der Waals surface area (Å²) in [5, 5.41) is 3.62. The van der Waals surface area contributed by atoms with Gasteiger partial charge in [-0.2, -0.15) is 0 Å². The zero-order valence-corrected chi connectivity index (χ0v) is 18.2. The van der Waals surface area contributed by atoms with Gasteiger partial charge >= 0.3 is 0 Å². The van der Waals surface area contributed by atoms with Crippen LogP contribution in [-0.2, 0) is 12.2 Å². The SMILES string of the molecule is CCCc1cc(NC(=O)c2cccnc2SCc2ccc(OC)cc2OC)ccn1. The lowest BCUT2D eigenvalue weighted by molar-refractivity contribution is 0.102. The number of hydrogen-bond acceptors (Lipinski definition) is 6. The Kier molecular flexibility index (Phi) is 7.68. The van der Waals surface area contributed by atoms with Crippen molar-refractivity contribution in [2.24, 2.45) is 0 Å². The number of nitrogens with zero attached hydrogens (tertiary/aromatic N) is 2. The minimum absolute atomic E-state index is 0.194. The van der Waals surface area contributed by atoms with Crippen LogP contribution in [-0.4, -0.2) is 30.1 Å². The minimum Gasteiger partial charge on any atom is -0.497 e. The molecule has 6 nitrogen and oxygen atoms in total. The van der Waals surface area contributed by atoms with E-state index in [2.05, 4.69) is 22.2 Å². The lowest BCUT2D eigenvalue weighted by Gasteiger charge is -2.12. The van der Waals surface area contributed by atoms with Crippen LogP contribution in [0.25, 0.3) is 0 Å². The van der Waals surface area contributed by atoms with Gasteiger partial charge in [0.1, 0.15) is 16.5 Å². The molecule has 0 spiro atoms. The largest absolute Gasteiger partial charge is 0.497 e. The van der Waals surface area contributed by atoms with Gasteiger partial charge in [0.25, 0.3) is 5.91 Å². The Morgan fingerprint density at radius 1 is 1.07 bits per heavy atom. The monoisotopic (exact) mass is 423 g/mol. The number of aryl methyl sites for hydroxylation is 1. The van der Waals surface area contributed by atoms with E-state index in [1.807, 2.05) is 24.3 Å². The third kappa shape index (κ3) is 5.51. The van der Waals surface area contributed by atoms with Crippen LogP contribution in [0.2, 0.25) is 0 Å². The highest BCUT2D eigenvalue weighted by Gasteiger charge is 2.15. The molecule has 1 N–H and O–H groups in total. The van der Waals surface area contributed by atoms with Crippen molar-refractivity contribution in [2.75, 3.05) is 19.5 Å². The van der Waals surface area contributed by atoms with Crippen molar-refractivity contribution in [1.82, 2.24) is 9.97 Å². The van der Waals surface area contributed by atoms with Gasteiger partial charge in [0, 0.05) is 41.2 Å². The van der Waals surface area contributed by atoms with Gasteiger partial charge in [-0.1, -0.05) is 19.4 Å². The quantitative estimate of drug-likeness (QED) is 0.489. The number of pyridine rings is 2. The van der Waals surface area contributed by atoms with E-state index in [-0.39, 0.29) is 5.91 Å². The smallest absolute Gasteiger partial charge is 0.258 e. The van der Waals surface area contributed by atoms with Crippen LogP contribution in [0.5, 0.6) is 11.5 Å². The van der Waals surface area contributed by atoms with Crippen LogP contribution in [0.1, 0.15) is 35.0 Å². The van der Waals surface area contributed by atoms with Gasteiger partial charge in [-0.25, -0.2) is 4.98 Å². The van der Waals surface area contributed by atoms with Gasteiger partial charge in [-0.15, -0.1) is 11.8 Å². The van der Waals surface area contributed by atoms with E-state index in [1.165, 1.54) is 11.8 Å². The lowest BCUT2D eigenvalue weighted by Crippen LogP contribution is -2.14. The maximum absolute atomic E-state index is 12.9. The molecule has 30 heavy (non-hydrogen) atoms. The van der Waals surface area contributed by atoms with Gasteiger partial charge in [0.05, 0.1) is 19.8 Å². The molecular formula is C23H25N3O3S. The Balaban J connectivity index is 1.74. The summed E-state index contributed by atoms with van der Waals surface area (Å²) in [6, 6.07) is 12.9. The van der Waals surface area contributed by atoms with Crippen molar-refractivity contribution in [1.29, 1.82) is 0 Å². The molecule has 1 amide bonds. The lowest BCUT2D eigenvalue weighted by atomic mass is 10.2. The summed E-state index contributed by atoms with van der Waals surface area (Å²) in [6.45, 7) is 2.10. The second kappa shape index (κ2) is 10.6. The highest BCUT2D eigenvalue weighted by molar-refractivity contribution is 7.98. The maximum atomic E-state index is 12.9. The number of amides is 1. The first-order chi connectivity index (χ1) is 14.6. The summed E-state index contributed by atoms with van der Waals surface area (Å²) in [4.78, 5) is 21.6. The molecule has 0 atom stereocenters. The number of carbonyl (C=O) groups is 1. The first-order valence-corrected chi connectivity index (χ1v) is 10.7. The Hall–Kier alpha value is -3.06. The Labute approximate surface area is 181 Å². The normalized spacial score (nSPS) is 10.5. The van der Waals surface area contributed by atoms with Gasteiger partial charge in [0.2, 0.25) is 0 Å². The van der Waals surface area contributed by atoms with Gasteiger partial charge < -0.3 is 14.8 Å². The van der Waals surface area contributed by atoms with E-state index in [0.717, 1.165) is 41.3 Å². The number of carbonyl (C=O) groups excluding carboxylic acids is 1. The molecule has 3 aromatic rings. The van der Waals surface area contributed by atoms with Crippen LogP contribution < -0.4 is 14.8 Å². The van der Waals surface area contributed by atoms with Crippen molar-refractivity contribution in [3.8, 4) is 11.5 Å². The molecule has 2 aromatic heterocycles. The summed E-state index contributed by atoms with van der Waals surface area (Å²) >= 11 is 1.49. The molecule has 0 fully saturated rings. The molecule has 156 valence electrons. The molecule has 0 saturated carbocycles. The van der Waals surface area contributed by atoms with E-state index in [4.69, 9.17) is 9.47 Å². The summed E-state index contributed by atoms with van der Waals surface area (Å²) < 4.78 is 10.7. The molecule has 0 bridgehead atoms.